The van der Waals surface area contributed by atoms with Gasteiger partial charge in [0, 0.05) is 11.7 Å². The molecule has 0 unspecified atom stereocenters. The number of furan rings is 1. The van der Waals surface area contributed by atoms with Crippen molar-refractivity contribution in [3.05, 3.63) is 48.2 Å². The van der Waals surface area contributed by atoms with Gasteiger partial charge in [0.05, 0.1) is 11.5 Å². The summed E-state index contributed by atoms with van der Waals surface area (Å²) in [6.07, 6.45) is 5.52. The molecule has 0 spiro atoms. The Morgan fingerprint density at radius 2 is 2.00 bits per heavy atom. The zero-order valence-corrected chi connectivity index (χ0v) is 14.9. The third-order valence-electron chi connectivity index (χ3n) is 4.81. The predicted molar refractivity (Wildman–Crippen MR) is 99.0 cm³/mol. The van der Waals surface area contributed by atoms with Gasteiger partial charge in [-0.25, -0.2) is 0 Å². The SMILES string of the molecule is O=C1Nc2ccccc2CC[C@H]1Sc1nnc(-c2ccco2)n1C1CC1. The lowest BCUT2D eigenvalue weighted by Gasteiger charge is -2.13. The van der Waals surface area contributed by atoms with E-state index in [1.807, 2.05) is 30.3 Å². The summed E-state index contributed by atoms with van der Waals surface area (Å²) < 4.78 is 7.65. The number of aromatic nitrogens is 3. The van der Waals surface area contributed by atoms with E-state index in [9.17, 15) is 4.79 Å². The summed E-state index contributed by atoms with van der Waals surface area (Å²) in [5.74, 6) is 1.50. The molecule has 7 heteroatoms. The van der Waals surface area contributed by atoms with Crippen molar-refractivity contribution in [2.45, 2.75) is 42.1 Å². The molecule has 3 aromatic rings. The largest absolute Gasteiger partial charge is 0.461 e. The lowest BCUT2D eigenvalue weighted by Crippen LogP contribution is -2.24. The van der Waals surface area contributed by atoms with E-state index >= 15 is 0 Å². The van der Waals surface area contributed by atoms with Crippen molar-refractivity contribution in [3.63, 3.8) is 0 Å². The Kier molecular flexibility index (Phi) is 3.81. The van der Waals surface area contributed by atoms with E-state index in [1.54, 1.807) is 6.26 Å². The molecule has 0 radical (unpaired) electrons. The molecule has 0 saturated heterocycles. The molecule has 0 bridgehead atoms. The minimum atomic E-state index is -0.187. The lowest BCUT2D eigenvalue weighted by atomic mass is 10.1. The molecule has 26 heavy (non-hydrogen) atoms. The maximum atomic E-state index is 12.7. The van der Waals surface area contributed by atoms with Gasteiger partial charge in [0.25, 0.3) is 0 Å². The molecule has 1 aliphatic heterocycles. The van der Waals surface area contributed by atoms with Crippen LogP contribution in [0.25, 0.3) is 11.6 Å². The van der Waals surface area contributed by atoms with Crippen molar-refractivity contribution in [2.75, 3.05) is 5.32 Å². The van der Waals surface area contributed by atoms with Gasteiger partial charge in [-0.1, -0.05) is 30.0 Å². The second-order valence-corrected chi connectivity index (χ2v) is 7.85. The maximum Gasteiger partial charge on any atom is 0.237 e. The van der Waals surface area contributed by atoms with E-state index in [-0.39, 0.29) is 11.2 Å². The lowest BCUT2D eigenvalue weighted by molar-refractivity contribution is -0.115. The molecule has 1 aliphatic carbocycles. The van der Waals surface area contributed by atoms with Gasteiger partial charge in [-0.2, -0.15) is 0 Å². The highest BCUT2D eigenvalue weighted by Gasteiger charge is 2.33. The molecule has 1 amide bonds. The molecular formula is C19H18N4O2S. The van der Waals surface area contributed by atoms with E-state index in [2.05, 4.69) is 26.1 Å². The second-order valence-electron chi connectivity index (χ2n) is 6.68. The molecule has 132 valence electrons. The highest BCUT2D eigenvalue weighted by Crippen LogP contribution is 2.42. The molecule has 3 heterocycles. The number of carbonyl (C=O) groups is 1. The normalized spacial score (nSPS) is 19.7. The average Bonchev–Trinajstić information content (AvgIpc) is 3.22. The van der Waals surface area contributed by atoms with Crippen LogP contribution in [0.4, 0.5) is 5.69 Å². The van der Waals surface area contributed by atoms with Gasteiger partial charge in [-0.05, 0) is 49.4 Å². The van der Waals surface area contributed by atoms with Gasteiger partial charge in [0.1, 0.15) is 0 Å². The number of amides is 1. The zero-order chi connectivity index (χ0) is 17.5. The van der Waals surface area contributed by atoms with Crippen LogP contribution in [-0.2, 0) is 11.2 Å². The third-order valence-corrected chi connectivity index (χ3v) is 6.03. The number of hydrogen-bond donors (Lipinski definition) is 1. The van der Waals surface area contributed by atoms with Crippen molar-refractivity contribution < 1.29 is 9.21 Å². The van der Waals surface area contributed by atoms with Crippen LogP contribution in [0.5, 0.6) is 0 Å². The topological polar surface area (TPSA) is 73.0 Å². The number of thioether (sulfide) groups is 1. The van der Waals surface area contributed by atoms with Crippen LogP contribution in [0.15, 0.2) is 52.2 Å². The second kappa shape index (κ2) is 6.32. The fraction of sp³-hybridized carbons (Fsp3) is 0.316. The van der Waals surface area contributed by atoms with Crippen LogP contribution in [0, 0.1) is 0 Å². The van der Waals surface area contributed by atoms with Gasteiger partial charge in [0.2, 0.25) is 11.7 Å². The summed E-state index contributed by atoms with van der Waals surface area (Å²) in [5.41, 5.74) is 2.10. The molecule has 5 rings (SSSR count). The molecule has 1 aromatic carbocycles. The average molecular weight is 366 g/mol. The highest BCUT2D eigenvalue weighted by atomic mass is 32.2. The molecule has 1 saturated carbocycles. The summed E-state index contributed by atoms with van der Waals surface area (Å²) >= 11 is 1.51. The van der Waals surface area contributed by atoms with Crippen LogP contribution in [-0.4, -0.2) is 25.9 Å². The number of anilines is 1. The van der Waals surface area contributed by atoms with E-state index in [4.69, 9.17) is 4.42 Å². The first-order valence-corrected chi connectivity index (χ1v) is 9.72. The summed E-state index contributed by atoms with van der Waals surface area (Å²) in [6.45, 7) is 0. The first-order valence-electron chi connectivity index (χ1n) is 8.84. The smallest absolute Gasteiger partial charge is 0.237 e. The van der Waals surface area contributed by atoms with Crippen molar-refractivity contribution in [3.8, 4) is 11.6 Å². The number of hydrogen-bond acceptors (Lipinski definition) is 5. The first kappa shape index (κ1) is 15.7. The number of aryl methyl sites for hydroxylation is 1. The Balaban J connectivity index is 1.43. The summed E-state index contributed by atoms with van der Waals surface area (Å²) in [4.78, 5) is 12.7. The number of carbonyl (C=O) groups excluding carboxylic acids is 1. The van der Waals surface area contributed by atoms with Gasteiger partial charge < -0.3 is 9.73 Å². The Hall–Kier alpha value is -2.54. The zero-order valence-electron chi connectivity index (χ0n) is 14.1. The summed E-state index contributed by atoms with van der Waals surface area (Å²) in [7, 11) is 0. The Morgan fingerprint density at radius 1 is 1.12 bits per heavy atom. The van der Waals surface area contributed by atoms with E-state index < -0.39 is 0 Å². The Bertz CT molecular complexity index is 946. The fourth-order valence-electron chi connectivity index (χ4n) is 3.32. The molecule has 6 nitrogen and oxygen atoms in total. The molecule has 1 atom stereocenters. The van der Waals surface area contributed by atoms with Crippen molar-refractivity contribution in [1.82, 2.24) is 14.8 Å². The molecule has 1 N–H and O–H groups in total. The molecule has 1 fully saturated rings. The van der Waals surface area contributed by atoms with Crippen LogP contribution in [0.2, 0.25) is 0 Å². The Labute approximate surface area is 155 Å². The number of nitrogens with zero attached hydrogens (tertiary/aromatic N) is 3. The van der Waals surface area contributed by atoms with Gasteiger partial charge in [-0.15, -0.1) is 10.2 Å². The van der Waals surface area contributed by atoms with E-state index in [0.29, 0.717) is 11.8 Å². The van der Waals surface area contributed by atoms with Crippen LogP contribution >= 0.6 is 11.8 Å². The first-order chi connectivity index (χ1) is 12.8. The molecule has 2 aliphatic rings. The number of nitrogens with one attached hydrogen (secondary N) is 1. The van der Waals surface area contributed by atoms with E-state index in [1.165, 1.54) is 17.3 Å². The van der Waals surface area contributed by atoms with Crippen molar-refractivity contribution in [1.29, 1.82) is 0 Å². The standard InChI is InChI=1S/C19H18N4O2S/c24-18-16(10-7-12-4-1-2-5-14(12)20-18)26-19-22-21-17(15-6-3-11-25-15)23(19)13-8-9-13/h1-6,11,13,16H,7-10H2,(H,20,24)/t16-/m1/s1. The van der Waals surface area contributed by atoms with Gasteiger partial charge in [-0.3, -0.25) is 9.36 Å². The summed E-state index contributed by atoms with van der Waals surface area (Å²) in [6, 6.07) is 12.1. The van der Waals surface area contributed by atoms with E-state index in [0.717, 1.165) is 42.4 Å². The van der Waals surface area contributed by atoms with Gasteiger partial charge in [0.15, 0.2) is 10.9 Å². The van der Waals surface area contributed by atoms with Crippen molar-refractivity contribution >= 4 is 23.4 Å². The number of para-hydroxylation sites is 1. The minimum Gasteiger partial charge on any atom is -0.461 e. The Morgan fingerprint density at radius 3 is 2.81 bits per heavy atom. The van der Waals surface area contributed by atoms with Crippen LogP contribution in [0.1, 0.15) is 30.9 Å². The van der Waals surface area contributed by atoms with Gasteiger partial charge >= 0.3 is 0 Å². The fourth-order valence-corrected chi connectivity index (χ4v) is 4.42. The van der Waals surface area contributed by atoms with Crippen LogP contribution in [0.3, 0.4) is 0 Å². The third kappa shape index (κ3) is 2.82. The number of rotatable bonds is 4. The molecule has 2 aromatic heterocycles. The minimum absolute atomic E-state index is 0.0323. The van der Waals surface area contributed by atoms with Crippen LogP contribution < -0.4 is 5.32 Å². The predicted octanol–water partition coefficient (Wildman–Crippen LogP) is 3.92. The van der Waals surface area contributed by atoms with Crippen molar-refractivity contribution in [2.24, 2.45) is 0 Å². The maximum absolute atomic E-state index is 12.7. The quantitative estimate of drug-likeness (QED) is 0.758. The monoisotopic (exact) mass is 366 g/mol. The number of benzene rings is 1. The summed E-state index contributed by atoms with van der Waals surface area (Å²) in [5, 5.41) is 12.4. The number of fused-ring (bicyclic) bond motifs is 1. The highest BCUT2D eigenvalue weighted by molar-refractivity contribution is 8.00. The molecular weight excluding hydrogens is 348 g/mol.